The number of halogens is 1. The molecule has 3 rings (SSSR count). The average molecular weight is 334 g/mol. The van der Waals surface area contributed by atoms with E-state index in [0.29, 0.717) is 0 Å². The first-order valence-corrected chi connectivity index (χ1v) is 8.78. The molecule has 0 radical (unpaired) electrons. The molecular weight excluding hydrogens is 310 g/mol. The van der Waals surface area contributed by atoms with Crippen LogP contribution in [0.15, 0.2) is 40.4 Å². The van der Waals surface area contributed by atoms with Gasteiger partial charge in [0.15, 0.2) is 0 Å². The molecule has 0 unspecified atom stereocenters. The number of hydrogen-bond donors (Lipinski definition) is 1. The first-order valence-electron chi connectivity index (χ1n) is 7.98. The lowest BCUT2D eigenvalue weighted by atomic mass is 9.76. The molecule has 0 saturated heterocycles. The van der Waals surface area contributed by atoms with Crippen LogP contribution in [-0.4, -0.2) is 12.6 Å². The predicted molar refractivity (Wildman–Crippen MR) is 89.1 cm³/mol. The van der Waals surface area contributed by atoms with Crippen LogP contribution in [0.5, 0.6) is 0 Å². The number of allylic oxidation sites excluding steroid dienone is 1. The highest BCUT2D eigenvalue weighted by molar-refractivity contribution is 9.10. The Bertz CT molecular complexity index is 474. The molecule has 108 valence electrons. The van der Waals surface area contributed by atoms with Crippen LogP contribution in [-0.2, 0) is 0 Å². The third-order valence-electron chi connectivity index (χ3n) is 4.75. The van der Waals surface area contributed by atoms with Crippen molar-refractivity contribution in [2.45, 2.75) is 56.9 Å². The Morgan fingerprint density at radius 1 is 1.15 bits per heavy atom. The van der Waals surface area contributed by atoms with Gasteiger partial charge in [0.1, 0.15) is 0 Å². The summed E-state index contributed by atoms with van der Waals surface area (Å²) in [6, 6.07) is 9.40. The lowest BCUT2D eigenvalue weighted by Gasteiger charge is -2.37. The van der Waals surface area contributed by atoms with Gasteiger partial charge >= 0.3 is 0 Å². The molecule has 0 aromatic heterocycles. The van der Waals surface area contributed by atoms with Crippen molar-refractivity contribution in [3.63, 3.8) is 0 Å². The molecular formula is C18H24BrN. The minimum absolute atomic E-state index is 0.733. The van der Waals surface area contributed by atoms with E-state index in [1.54, 1.807) is 5.57 Å². The summed E-state index contributed by atoms with van der Waals surface area (Å²) in [6.07, 6.45) is 11.8. The minimum Gasteiger partial charge on any atom is -0.314 e. The van der Waals surface area contributed by atoms with Crippen LogP contribution in [0.2, 0.25) is 0 Å². The van der Waals surface area contributed by atoms with Crippen molar-refractivity contribution in [2.75, 3.05) is 6.54 Å². The molecule has 0 amide bonds. The van der Waals surface area contributed by atoms with Gasteiger partial charge in [0.05, 0.1) is 0 Å². The fourth-order valence-electron chi connectivity index (χ4n) is 3.41. The lowest BCUT2D eigenvalue weighted by Crippen LogP contribution is -2.40. The van der Waals surface area contributed by atoms with Gasteiger partial charge in [-0.1, -0.05) is 45.8 Å². The molecule has 0 heterocycles. The normalized spacial score (nSPS) is 25.9. The van der Waals surface area contributed by atoms with E-state index in [0.717, 1.165) is 12.0 Å². The fraction of sp³-hybridized carbons (Fsp3) is 0.556. The van der Waals surface area contributed by atoms with Crippen LogP contribution in [0.3, 0.4) is 0 Å². The summed E-state index contributed by atoms with van der Waals surface area (Å²) in [6.45, 7) is 1.17. The van der Waals surface area contributed by atoms with E-state index in [4.69, 9.17) is 0 Å². The maximum atomic E-state index is 3.73. The van der Waals surface area contributed by atoms with Gasteiger partial charge in [0, 0.05) is 10.5 Å². The first-order chi connectivity index (χ1) is 9.83. The van der Waals surface area contributed by atoms with Gasteiger partial charge in [0.2, 0.25) is 0 Å². The highest BCUT2D eigenvalue weighted by Crippen LogP contribution is 2.39. The molecule has 20 heavy (non-hydrogen) atoms. The van der Waals surface area contributed by atoms with Crippen molar-refractivity contribution in [2.24, 2.45) is 0 Å². The summed E-state index contributed by atoms with van der Waals surface area (Å²) >= 11 is 3.67. The Morgan fingerprint density at radius 2 is 2.00 bits per heavy atom. The molecule has 1 nitrogen and oxygen atoms in total. The SMILES string of the molecule is Brc1ccccc1C1CC(NCCC2=CCCCC2)C1. The van der Waals surface area contributed by atoms with Crippen molar-refractivity contribution in [1.82, 2.24) is 5.32 Å². The average Bonchev–Trinajstić information content (AvgIpc) is 2.44. The predicted octanol–water partition coefficient (Wildman–Crippen LogP) is 5.18. The topological polar surface area (TPSA) is 12.0 Å². The van der Waals surface area contributed by atoms with Crippen LogP contribution in [0.25, 0.3) is 0 Å². The molecule has 0 spiro atoms. The maximum Gasteiger partial charge on any atom is 0.0210 e. The zero-order chi connectivity index (χ0) is 13.8. The summed E-state index contributed by atoms with van der Waals surface area (Å²) in [5.74, 6) is 0.747. The number of hydrogen-bond acceptors (Lipinski definition) is 1. The minimum atomic E-state index is 0.733. The molecule has 1 aromatic rings. The zero-order valence-electron chi connectivity index (χ0n) is 12.1. The van der Waals surface area contributed by atoms with E-state index in [-0.39, 0.29) is 0 Å². The second-order valence-corrected chi connectivity index (χ2v) is 7.05. The quantitative estimate of drug-likeness (QED) is 0.732. The summed E-state index contributed by atoms with van der Waals surface area (Å²) in [7, 11) is 0. The lowest BCUT2D eigenvalue weighted by molar-refractivity contribution is 0.291. The van der Waals surface area contributed by atoms with Crippen LogP contribution in [0.4, 0.5) is 0 Å². The zero-order valence-corrected chi connectivity index (χ0v) is 13.7. The molecule has 0 atom stereocenters. The third kappa shape index (κ3) is 3.53. The van der Waals surface area contributed by atoms with E-state index in [2.05, 4.69) is 51.6 Å². The second-order valence-electron chi connectivity index (χ2n) is 6.20. The van der Waals surface area contributed by atoms with Gasteiger partial charge in [-0.2, -0.15) is 0 Å². The molecule has 1 aromatic carbocycles. The third-order valence-corrected chi connectivity index (χ3v) is 5.47. The summed E-state index contributed by atoms with van der Waals surface area (Å²) < 4.78 is 1.27. The molecule has 1 N–H and O–H groups in total. The first kappa shape index (κ1) is 14.3. The molecule has 2 aliphatic rings. The Morgan fingerprint density at radius 3 is 2.75 bits per heavy atom. The van der Waals surface area contributed by atoms with E-state index in [9.17, 15) is 0 Å². The van der Waals surface area contributed by atoms with Crippen LogP contribution >= 0.6 is 15.9 Å². The molecule has 1 fully saturated rings. The fourth-order valence-corrected chi connectivity index (χ4v) is 4.02. The summed E-state index contributed by atoms with van der Waals surface area (Å²) in [4.78, 5) is 0. The highest BCUT2D eigenvalue weighted by Gasteiger charge is 2.30. The van der Waals surface area contributed by atoms with Gasteiger partial charge in [-0.3, -0.25) is 0 Å². The van der Waals surface area contributed by atoms with Gasteiger partial charge in [-0.25, -0.2) is 0 Å². The van der Waals surface area contributed by atoms with E-state index in [1.165, 1.54) is 61.5 Å². The van der Waals surface area contributed by atoms with Crippen molar-refractivity contribution in [1.29, 1.82) is 0 Å². The number of nitrogens with one attached hydrogen (secondary N) is 1. The number of benzene rings is 1. The second kappa shape index (κ2) is 6.91. The molecule has 1 saturated carbocycles. The van der Waals surface area contributed by atoms with Gasteiger partial charge < -0.3 is 5.32 Å². The van der Waals surface area contributed by atoms with E-state index in [1.807, 2.05) is 0 Å². The largest absolute Gasteiger partial charge is 0.314 e. The van der Waals surface area contributed by atoms with E-state index >= 15 is 0 Å². The van der Waals surface area contributed by atoms with Gasteiger partial charge in [-0.15, -0.1) is 0 Å². The standard InChI is InChI=1S/C18H24BrN/c19-18-9-5-4-8-17(18)15-12-16(13-15)20-11-10-14-6-2-1-3-7-14/h4-6,8-9,15-16,20H,1-3,7,10-13H2. The van der Waals surface area contributed by atoms with Gasteiger partial charge in [-0.05, 0) is 69.0 Å². The summed E-state index contributed by atoms with van der Waals surface area (Å²) in [5, 5.41) is 3.73. The maximum absolute atomic E-state index is 3.73. The van der Waals surface area contributed by atoms with Crippen molar-refractivity contribution in [3.05, 3.63) is 46.0 Å². The smallest absolute Gasteiger partial charge is 0.0210 e. The molecule has 2 aliphatic carbocycles. The van der Waals surface area contributed by atoms with Gasteiger partial charge in [0.25, 0.3) is 0 Å². The van der Waals surface area contributed by atoms with Crippen molar-refractivity contribution < 1.29 is 0 Å². The Labute approximate surface area is 131 Å². The van der Waals surface area contributed by atoms with Crippen LogP contribution in [0, 0.1) is 0 Å². The summed E-state index contributed by atoms with van der Waals surface area (Å²) in [5.41, 5.74) is 3.17. The Hall–Kier alpha value is -0.600. The van der Waals surface area contributed by atoms with Crippen molar-refractivity contribution >= 4 is 15.9 Å². The van der Waals surface area contributed by atoms with Crippen LogP contribution < -0.4 is 5.32 Å². The Kier molecular flexibility index (Phi) is 4.95. The molecule has 0 aliphatic heterocycles. The highest BCUT2D eigenvalue weighted by atomic mass is 79.9. The van der Waals surface area contributed by atoms with E-state index < -0.39 is 0 Å². The monoisotopic (exact) mass is 333 g/mol. The molecule has 2 heteroatoms. The van der Waals surface area contributed by atoms with Crippen LogP contribution in [0.1, 0.15) is 56.4 Å². The number of rotatable bonds is 5. The van der Waals surface area contributed by atoms with Crippen molar-refractivity contribution in [3.8, 4) is 0 Å². The Balaban J connectivity index is 1.38. The molecule has 0 bridgehead atoms.